The van der Waals surface area contributed by atoms with Gasteiger partial charge in [-0.15, -0.1) is 0 Å². The van der Waals surface area contributed by atoms with Crippen LogP contribution in [0.1, 0.15) is 21.6 Å². The van der Waals surface area contributed by atoms with Gasteiger partial charge in [0.25, 0.3) is 0 Å². The first-order valence-corrected chi connectivity index (χ1v) is 7.65. The molecule has 0 saturated heterocycles. The standard InChI is InChI=1S/C19H16FN3O2/c1-11-12(2)21-18(14-4-3-5-15(20)10-14)23-17(11)22-16-8-6-13(7-9-16)19(24)25/h3-10H,1-2H3,(H,24,25)(H,21,22,23). The number of carboxylic acids is 1. The van der Waals surface area contributed by atoms with Crippen molar-refractivity contribution in [3.63, 3.8) is 0 Å². The first-order valence-electron chi connectivity index (χ1n) is 7.65. The molecule has 3 rings (SSSR count). The van der Waals surface area contributed by atoms with Crippen LogP contribution in [0.3, 0.4) is 0 Å². The Morgan fingerprint density at radius 2 is 1.80 bits per heavy atom. The van der Waals surface area contributed by atoms with Gasteiger partial charge in [-0.1, -0.05) is 12.1 Å². The monoisotopic (exact) mass is 337 g/mol. The summed E-state index contributed by atoms with van der Waals surface area (Å²) >= 11 is 0. The van der Waals surface area contributed by atoms with E-state index < -0.39 is 5.97 Å². The highest BCUT2D eigenvalue weighted by Crippen LogP contribution is 2.25. The Kier molecular flexibility index (Phi) is 4.43. The summed E-state index contributed by atoms with van der Waals surface area (Å²) in [6.45, 7) is 3.75. The summed E-state index contributed by atoms with van der Waals surface area (Å²) in [6, 6.07) is 12.5. The predicted molar refractivity (Wildman–Crippen MR) is 93.6 cm³/mol. The van der Waals surface area contributed by atoms with Gasteiger partial charge in [0.15, 0.2) is 5.82 Å². The van der Waals surface area contributed by atoms with Crippen molar-refractivity contribution in [2.45, 2.75) is 13.8 Å². The molecule has 3 aromatic rings. The minimum atomic E-state index is -0.978. The van der Waals surface area contributed by atoms with E-state index in [1.165, 1.54) is 24.3 Å². The van der Waals surface area contributed by atoms with Crippen LogP contribution in [-0.2, 0) is 0 Å². The molecule has 0 amide bonds. The number of aromatic carboxylic acids is 1. The van der Waals surface area contributed by atoms with E-state index in [1.807, 2.05) is 13.8 Å². The van der Waals surface area contributed by atoms with Gasteiger partial charge in [0.2, 0.25) is 0 Å². The Balaban J connectivity index is 1.97. The lowest BCUT2D eigenvalue weighted by Crippen LogP contribution is -2.03. The molecule has 5 nitrogen and oxygen atoms in total. The summed E-state index contributed by atoms with van der Waals surface area (Å²) in [6.07, 6.45) is 0. The number of rotatable bonds is 4. The van der Waals surface area contributed by atoms with Crippen LogP contribution in [0.5, 0.6) is 0 Å². The Labute approximate surface area is 144 Å². The number of nitrogens with zero attached hydrogens (tertiary/aromatic N) is 2. The molecule has 6 heteroatoms. The van der Waals surface area contributed by atoms with Crippen molar-refractivity contribution in [3.05, 3.63) is 71.2 Å². The lowest BCUT2D eigenvalue weighted by molar-refractivity contribution is 0.0697. The van der Waals surface area contributed by atoms with Crippen LogP contribution in [0.25, 0.3) is 11.4 Å². The van der Waals surface area contributed by atoms with Crippen molar-refractivity contribution >= 4 is 17.5 Å². The maximum Gasteiger partial charge on any atom is 0.335 e. The number of carboxylic acid groups (broad SMARTS) is 1. The third kappa shape index (κ3) is 3.63. The fraction of sp³-hybridized carbons (Fsp3) is 0.105. The van der Waals surface area contributed by atoms with E-state index in [0.717, 1.165) is 11.3 Å². The number of halogens is 1. The minimum absolute atomic E-state index is 0.210. The van der Waals surface area contributed by atoms with Gasteiger partial charge >= 0.3 is 5.97 Å². The highest BCUT2D eigenvalue weighted by atomic mass is 19.1. The molecular weight excluding hydrogens is 321 g/mol. The molecule has 0 fully saturated rings. The molecule has 2 aromatic carbocycles. The maximum absolute atomic E-state index is 13.5. The fourth-order valence-corrected chi connectivity index (χ4v) is 2.34. The van der Waals surface area contributed by atoms with Crippen molar-refractivity contribution in [1.29, 1.82) is 0 Å². The molecule has 126 valence electrons. The number of aromatic nitrogens is 2. The average molecular weight is 337 g/mol. The zero-order chi connectivity index (χ0) is 18.0. The maximum atomic E-state index is 13.5. The third-order valence-corrected chi connectivity index (χ3v) is 3.87. The number of hydrogen-bond acceptors (Lipinski definition) is 4. The Bertz CT molecular complexity index is 940. The van der Waals surface area contributed by atoms with Gasteiger partial charge in [-0.25, -0.2) is 19.2 Å². The van der Waals surface area contributed by atoms with Gasteiger partial charge in [0, 0.05) is 22.5 Å². The highest BCUT2D eigenvalue weighted by molar-refractivity contribution is 5.88. The molecule has 0 radical (unpaired) electrons. The van der Waals surface area contributed by atoms with Crippen molar-refractivity contribution in [3.8, 4) is 11.4 Å². The molecule has 0 spiro atoms. The number of benzene rings is 2. The second-order valence-electron chi connectivity index (χ2n) is 5.62. The van der Waals surface area contributed by atoms with Crippen molar-refractivity contribution in [1.82, 2.24) is 9.97 Å². The number of carbonyl (C=O) groups is 1. The zero-order valence-corrected chi connectivity index (χ0v) is 13.7. The number of aryl methyl sites for hydroxylation is 1. The van der Waals surface area contributed by atoms with Crippen LogP contribution in [0.2, 0.25) is 0 Å². The van der Waals surface area contributed by atoms with E-state index in [-0.39, 0.29) is 11.4 Å². The van der Waals surface area contributed by atoms with E-state index in [0.29, 0.717) is 22.9 Å². The van der Waals surface area contributed by atoms with Crippen molar-refractivity contribution in [2.24, 2.45) is 0 Å². The van der Waals surface area contributed by atoms with Crippen LogP contribution >= 0.6 is 0 Å². The first kappa shape index (κ1) is 16.6. The second kappa shape index (κ2) is 6.68. The molecule has 0 aliphatic rings. The molecule has 1 heterocycles. The molecule has 0 aliphatic carbocycles. The van der Waals surface area contributed by atoms with E-state index >= 15 is 0 Å². The summed E-state index contributed by atoms with van der Waals surface area (Å²) in [7, 11) is 0. The van der Waals surface area contributed by atoms with Gasteiger partial charge < -0.3 is 10.4 Å². The lowest BCUT2D eigenvalue weighted by Gasteiger charge is -2.13. The van der Waals surface area contributed by atoms with Gasteiger partial charge in [-0.2, -0.15) is 0 Å². The van der Waals surface area contributed by atoms with Crippen LogP contribution in [-0.4, -0.2) is 21.0 Å². The minimum Gasteiger partial charge on any atom is -0.478 e. The normalized spacial score (nSPS) is 10.5. The first-order chi connectivity index (χ1) is 11.9. The summed E-state index contributed by atoms with van der Waals surface area (Å²) in [5.74, 6) is -0.311. The Morgan fingerprint density at radius 1 is 1.08 bits per heavy atom. The summed E-state index contributed by atoms with van der Waals surface area (Å²) in [4.78, 5) is 19.8. The van der Waals surface area contributed by atoms with Crippen LogP contribution in [0.15, 0.2) is 48.5 Å². The summed E-state index contributed by atoms with van der Waals surface area (Å²) in [5, 5.41) is 12.1. The highest BCUT2D eigenvalue weighted by Gasteiger charge is 2.11. The molecule has 0 atom stereocenters. The van der Waals surface area contributed by atoms with Gasteiger partial charge in [0.05, 0.1) is 5.56 Å². The number of hydrogen-bond donors (Lipinski definition) is 2. The largest absolute Gasteiger partial charge is 0.478 e. The smallest absolute Gasteiger partial charge is 0.335 e. The van der Waals surface area contributed by atoms with Gasteiger partial charge in [-0.3, -0.25) is 0 Å². The van der Waals surface area contributed by atoms with E-state index in [9.17, 15) is 9.18 Å². The number of nitrogens with one attached hydrogen (secondary N) is 1. The van der Waals surface area contributed by atoms with Crippen molar-refractivity contribution < 1.29 is 14.3 Å². The molecule has 0 bridgehead atoms. The molecule has 2 N–H and O–H groups in total. The molecule has 0 unspecified atom stereocenters. The molecular formula is C19H16FN3O2. The predicted octanol–water partition coefficient (Wildman–Crippen LogP) is 4.34. The molecule has 0 saturated carbocycles. The van der Waals surface area contributed by atoms with Gasteiger partial charge in [-0.05, 0) is 50.2 Å². The molecule has 25 heavy (non-hydrogen) atoms. The van der Waals surface area contributed by atoms with Crippen LogP contribution in [0, 0.1) is 19.7 Å². The SMILES string of the molecule is Cc1nc(-c2cccc(F)c2)nc(Nc2ccc(C(=O)O)cc2)c1C. The topological polar surface area (TPSA) is 75.1 Å². The van der Waals surface area contributed by atoms with E-state index in [2.05, 4.69) is 15.3 Å². The van der Waals surface area contributed by atoms with Crippen molar-refractivity contribution in [2.75, 3.05) is 5.32 Å². The Hall–Kier alpha value is -3.28. The molecule has 0 aliphatic heterocycles. The average Bonchev–Trinajstić information content (AvgIpc) is 2.59. The second-order valence-corrected chi connectivity index (χ2v) is 5.62. The number of anilines is 2. The summed E-state index contributed by atoms with van der Waals surface area (Å²) < 4.78 is 13.5. The van der Waals surface area contributed by atoms with E-state index in [1.54, 1.807) is 24.3 Å². The zero-order valence-electron chi connectivity index (χ0n) is 13.7. The summed E-state index contributed by atoms with van der Waals surface area (Å²) in [5.41, 5.74) is 3.15. The van der Waals surface area contributed by atoms with Crippen LogP contribution < -0.4 is 5.32 Å². The lowest BCUT2D eigenvalue weighted by atomic mass is 10.1. The third-order valence-electron chi connectivity index (χ3n) is 3.87. The van der Waals surface area contributed by atoms with Crippen LogP contribution in [0.4, 0.5) is 15.9 Å². The molecule has 1 aromatic heterocycles. The Morgan fingerprint density at radius 3 is 2.44 bits per heavy atom. The fourth-order valence-electron chi connectivity index (χ4n) is 2.34. The van der Waals surface area contributed by atoms with Gasteiger partial charge in [0.1, 0.15) is 11.6 Å². The van der Waals surface area contributed by atoms with E-state index in [4.69, 9.17) is 5.11 Å². The quantitative estimate of drug-likeness (QED) is 0.740.